The van der Waals surface area contributed by atoms with E-state index in [1.807, 2.05) is 0 Å². The van der Waals surface area contributed by atoms with Crippen LogP contribution in [0.25, 0.3) is 0 Å². The van der Waals surface area contributed by atoms with Crippen molar-refractivity contribution in [2.45, 2.75) is 6.92 Å². The summed E-state index contributed by atoms with van der Waals surface area (Å²) in [6.07, 6.45) is 0. The second-order valence-corrected chi connectivity index (χ2v) is 5.12. The minimum atomic E-state index is -0.305. The molecule has 0 aliphatic rings. The lowest BCUT2D eigenvalue weighted by atomic mass is 10.2. The minimum Gasteiger partial charge on any atom is -0.495 e. The van der Waals surface area contributed by atoms with E-state index in [4.69, 9.17) is 16.3 Å². The Balaban J connectivity index is 1.94. The summed E-state index contributed by atoms with van der Waals surface area (Å²) in [4.78, 5) is 11.9. The minimum absolute atomic E-state index is 0.0656. The zero-order valence-electron chi connectivity index (χ0n) is 12.2. The van der Waals surface area contributed by atoms with Crippen LogP contribution in [0, 0.1) is 12.7 Å². The van der Waals surface area contributed by atoms with E-state index in [-0.39, 0.29) is 18.3 Å². The first kappa shape index (κ1) is 16.1. The lowest BCUT2D eigenvalue weighted by Gasteiger charge is -2.11. The van der Waals surface area contributed by atoms with E-state index in [0.29, 0.717) is 22.1 Å². The second-order valence-electron chi connectivity index (χ2n) is 4.71. The maximum Gasteiger partial charge on any atom is 0.243 e. The molecule has 0 fully saturated rings. The standard InChI is InChI=1S/C16H16ClFN2O2/c1-10-7-11(18)3-5-14(10)19-9-16(21)20-12-4-6-15(22-2)13(17)8-12/h3-8,19H,9H2,1-2H3,(H,20,21). The highest BCUT2D eigenvalue weighted by molar-refractivity contribution is 6.32. The number of carbonyl (C=O) groups excluding carboxylic acids is 1. The van der Waals surface area contributed by atoms with Crippen LogP contribution in [0.3, 0.4) is 0 Å². The van der Waals surface area contributed by atoms with Crippen LogP contribution in [0.5, 0.6) is 5.75 Å². The Morgan fingerprint density at radius 2 is 2.05 bits per heavy atom. The van der Waals surface area contributed by atoms with E-state index in [1.54, 1.807) is 31.2 Å². The van der Waals surface area contributed by atoms with E-state index in [1.165, 1.54) is 19.2 Å². The number of hydrogen-bond donors (Lipinski definition) is 2. The summed E-state index contributed by atoms with van der Waals surface area (Å²) >= 11 is 5.99. The zero-order chi connectivity index (χ0) is 16.1. The molecule has 0 bridgehead atoms. The van der Waals surface area contributed by atoms with Crippen LogP contribution < -0.4 is 15.4 Å². The maximum atomic E-state index is 13.0. The fourth-order valence-electron chi connectivity index (χ4n) is 1.95. The van der Waals surface area contributed by atoms with Crippen molar-refractivity contribution < 1.29 is 13.9 Å². The molecule has 0 aliphatic carbocycles. The van der Waals surface area contributed by atoms with Gasteiger partial charge in [-0.1, -0.05) is 11.6 Å². The molecule has 116 valence electrons. The number of methoxy groups -OCH3 is 1. The zero-order valence-corrected chi connectivity index (χ0v) is 13.0. The smallest absolute Gasteiger partial charge is 0.243 e. The summed E-state index contributed by atoms with van der Waals surface area (Å²) in [5, 5.41) is 6.10. The van der Waals surface area contributed by atoms with Gasteiger partial charge in [-0.15, -0.1) is 0 Å². The average Bonchev–Trinajstić information content (AvgIpc) is 2.46. The number of aryl methyl sites for hydroxylation is 1. The molecule has 4 nitrogen and oxygen atoms in total. The molecule has 0 aromatic heterocycles. The molecule has 2 aromatic rings. The van der Waals surface area contributed by atoms with Crippen molar-refractivity contribution in [1.82, 2.24) is 0 Å². The summed E-state index contributed by atoms with van der Waals surface area (Å²) in [7, 11) is 1.52. The van der Waals surface area contributed by atoms with E-state index in [0.717, 1.165) is 5.56 Å². The largest absolute Gasteiger partial charge is 0.495 e. The van der Waals surface area contributed by atoms with Gasteiger partial charge in [-0.25, -0.2) is 4.39 Å². The Bertz CT molecular complexity index is 692. The third-order valence-electron chi connectivity index (χ3n) is 3.06. The number of halogens is 2. The van der Waals surface area contributed by atoms with Gasteiger partial charge in [-0.3, -0.25) is 4.79 Å². The fourth-order valence-corrected chi connectivity index (χ4v) is 2.21. The quantitative estimate of drug-likeness (QED) is 0.879. The van der Waals surface area contributed by atoms with Gasteiger partial charge in [0.15, 0.2) is 0 Å². The lowest BCUT2D eigenvalue weighted by Crippen LogP contribution is -2.22. The van der Waals surface area contributed by atoms with Gasteiger partial charge in [0.2, 0.25) is 5.91 Å². The molecule has 0 unspecified atom stereocenters. The third kappa shape index (κ3) is 4.11. The highest BCUT2D eigenvalue weighted by atomic mass is 35.5. The maximum absolute atomic E-state index is 13.0. The summed E-state index contributed by atoms with van der Waals surface area (Å²) in [6.45, 7) is 1.84. The van der Waals surface area contributed by atoms with Gasteiger partial charge in [-0.05, 0) is 48.9 Å². The van der Waals surface area contributed by atoms with Crippen molar-refractivity contribution in [3.8, 4) is 5.75 Å². The lowest BCUT2D eigenvalue weighted by molar-refractivity contribution is -0.114. The molecule has 2 rings (SSSR count). The first-order valence-electron chi connectivity index (χ1n) is 6.63. The van der Waals surface area contributed by atoms with Gasteiger partial charge >= 0.3 is 0 Å². The summed E-state index contributed by atoms with van der Waals surface area (Å²) in [6, 6.07) is 9.34. The van der Waals surface area contributed by atoms with Crippen molar-refractivity contribution in [3.63, 3.8) is 0 Å². The molecular weight excluding hydrogens is 307 g/mol. The van der Waals surface area contributed by atoms with Crippen LogP contribution in [-0.4, -0.2) is 19.6 Å². The monoisotopic (exact) mass is 322 g/mol. The summed E-state index contributed by atoms with van der Waals surface area (Å²) < 4.78 is 18.0. The Morgan fingerprint density at radius 3 is 2.68 bits per heavy atom. The Morgan fingerprint density at radius 1 is 1.27 bits per heavy atom. The number of amides is 1. The predicted octanol–water partition coefficient (Wildman–Crippen LogP) is 3.85. The number of rotatable bonds is 5. The number of nitrogens with one attached hydrogen (secondary N) is 2. The number of ether oxygens (including phenoxy) is 1. The summed E-state index contributed by atoms with van der Waals surface area (Å²) in [5.74, 6) is 0.00469. The molecule has 0 spiro atoms. The molecule has 6 heteroatoms. The van der Waals surface area contributed by atoms with Crippen LogP contribution in [0.15, 0.2) is 36.4 Å². The SMILES string of the molecule is COc1ccc(NC(=O)CNc2ccc(F)cc2C)cc1Cl. The van der Waals surface area contributed by atoms with Crippen LogP contribution in [0.1, 0.15) is 5.56 Å². The number of carbonyl (C=O) groups is 1. The number of anilines is 2. The first-order chi connectivity index (χ1) is 10.5. The van der Waals surface area contributed by atoms with E-state index >= 15 is 0 Å². The van der Waals surface area contributed by atoms with E-state index in [2.05, 4.69) is 10.6 Å². The molecule has 2 N–H and O–H groups in total. The van der Waals surface area contributed by atoms with Crippen LogP contribution in [0.4, 0.5) is 15.8 Å². The highest BCUT2D eigenvalue weighted by Gasteiger charge is 2.07. The van der Waals surface area contributed by atoms with Crippen LogP contribution >= 0.6 is 11.6 Å². The van der Waals surface area contributed by atoms with Crippen molar-refractivity contribution in [1.29, 1.82) is 0 Å². The van der Waals surface area contributed by atoms with Crippen molar-refractivity contribution in [2.75, 3.05) is 24.3 Å². The molecule has 0 saturated carbocycles. The topological polar surface area (TPSA) is 50.4 Å². The van der Waals surface area contributed by atoms with Gasteiger partial charge in [0.25, 0.3) is 0 Å². The fraction of sp³-hybridized carbons (Fsp3) is 0.188. The molecule has 0 atom stereocenters. The Hall–Kier alpha value is -2.27. The average molecular weight is 323 g/mol. The molecule has 1 amide bonds. The third-order valence-corrected chi connectivity index (χ3v) is 3.36. The van der Waals surface area contributed by atoms with Crippen molar-refractivity contribution in [3.05, 3.63) is 52.8 Å². The molecule has 22 heavy (non-hydrogen) atoms. The molecule has 2 aromatic carbocycles. The normalized spacial score (nSPS) is 10.2. The van der Waals surface area contributed by atoms with Crippen LogP contribution in [0.2, 0.25) is 5.02 Å². The molecule has 0 heterocycles. The molecular formula is C16H16ClFN2O2. The predicted molar refractivity (Wildman–Crippen MR) is 86.3 cm³/mol. The molecule has 0 saturated heterocycles. The van der Waals surface area contributed by atoms with Gasteiger partial charge in [0.1, 0.15) is 11.6 Å². The Kier molecular flexibility index (Phi) is 5.22. The Labute approximate surface area is 133 Å². The van der Waals surface area contributed by atoms with E-state index < -0.39 is 0 Å². The van der Waals surface area contributed by atoms with Crippen LogP contribution in [-0.2, 0) is 4.79 Å². The summed E-state index contributed by atoms with van der Waals surface area (Å²) in [5.41, 5.74) is 2.03. The van der Waals surface area contributed by atoms with E-state index in [9.17, 15) is 9.18 Å². The number of hydrogen-bond acceptors (Lipinski definition) is 3. The van der Waals surface area contributed by atoms with Crippen molar-refractivity contribution >= 4 is 28.9 Å². The second kappa shape index (κ2) is 7.13. The molecule has 0 radical (unpaired) electrons. The van der Waals surface area contributed by atoms with Gasteiger partial charge in [0, 0.05) is 11.4 Å². The van der Waals surface area contributed by atoms with Gasteiger partial charge in [-0.2, -0.15) is 0 Å². The number of benzene rings is 2. The molecule has 0 aliphatic heterocycles. The van der Waals surface area contributed by atoms with Crippen molar-refractivity contribution in [2.24, 2.45) is 0 Å². The first-order valence-corrected chi connectivity index (χ1v) is 7.01. The van der Waals surface area contributed by atoms with Gasteiger partial charge < -0.3 is 15.4 Å². The highest BCUT2D eigenvalue weighted by Crippen LogP contribution is 2.27. The van der Waals surface area contributed by atoms with Gasteiger partial charge in [0.05, 0.1) is 18.7 Å².